The Morgan fingerprint density at radius 3 is 3.05 bits per heavy atom. The average Bonchev–Trinajstić information content (AvgIpc) is 2.91. The van der Waals surface area contributed by atoms with Crippen LogP contribution in [0.2, 0.25) is 0 Å². The maximum atomic E-state index is 5.59. The van der Waals surface area contributed by atoms with Crippen LogP contribution in [0.1, 0.15) is 37.3 Å². The summed E-state index contributed by atoms with van der Waals surface area (Å²) in [6, 6.07) is 0.441. The standard InChI is InChI=1S/C15H27N3O2S/c1-4-6-16-9-14-13(11-19-3)17-15(21-14)18-7-8-20-10-12(18)5-2/h12,16H,4-11H2,1-3H3. The molecule has 1 fully saturated rings. The molecule has 0 aliphatic carbocycles. The Balaban J connectivity index is 2.12. The zero-order chi connectivity index (χ0) is 15.1. The SMILES string of the molecule is CCCNCc1sc(N2CCOCC2CC)nc1COC. The molecule has 0 radical (unpaired) electrons. The normalized spacial score (nSPS) is 19.2. The Bertz CT molecular complexity index is 425. The molecule has 6 heteroatoms. The number of aromatic nitrogens is 1. The zero-order valence-electron chi connectivity index (χ0n) is 13.4. The molecule has 1 saturated heterocycles. The second-order valence-electron chi connectivity index (χ2n) is 5.31. The maximum absolute atomic E-state index is 5.59. The van der Waals surface area contributed by atoms with Gasteiger partial charge in [-0.05, 0) is 19.4 Å². The summed E-state index contributed by atoms with van der Waals surface area (Å²) >= 11 is 1.79. The summed E-state index contributed by atoms with van der Waals surface area (Å²) in [7, 11) is 1.73. The van der Waals surface area contributed by atoms with Crippen molar-refractivity contribution in [2.75, 3.05) is 38.3 Å². The van der Waals surface area contributed by atoms with E-state index < -0.39 is 0 Å². The summed E-state index contributed by atoms with van der Waals surface area (Å²) in [5.41, 5.74) is 1.07. The molecule has 0 spiro atoms. The average molecular weight is 313 g/mol. The molecular formula is C15H27N3O2S. The van der Waals surface area contributed by atoms with E-state index in [0.717, 1.165) is 56.5 Å². The quantitative estimate of drug-likeness (QED) is 0.747. The Labute approximate surface area is 131 Å². The topological polar surface area (TPSA) is 46.6 Å². The van der Waals surface area contributed by atoms with E-state index in [4.69, 9.17) is 14.5 Å². The summed E-state index contributed by atoms with van der Waals surface area (Å²) in [5.74, 6) is 0. The van der Waals surface area contributed by atoms with Gasteiger partial charge in [-0.1, -0.05) is 13.8 Å². The maximum Gasteiger partial charge on any atom is 0.186 e. The van der Waals surface area contributed by atoms with E-state index in [-0.39, 0.29) is 0 Å². The lowest BCUT2D eigenvalue weighted by molar-refractivity contribution is 0.0929. The predicted octanol–water partition coefficient (Wildman–Crippen LogP) is 2.40. The summed E-state index contributed by atoms with van der Waals surface area (Å²) in [5, 5.41) is 4.58. The molecule has 1 aliphatic heterocycles. The van der Waals surface area contributed by atoms with Gasteiger partial charge in [0.2, 0.25) is 0 Å². The lowest BCUT2D eigenvalue weighted by Gasteiger charge is -2.34. The van der Waals surface area contributed by atoms with E-state index in [1.165, 1.54) is 4.88 Å². The van der Waals surface area contributed by atoms with E-state index >= 15 is 0 Å². The smallest absolute Gasteiger partial charge is 0.186 e. The van der Waals surface area contributed by atoms with Crippen LogP contribution in [-0.2, 0) is 22.6 Å². The van der Waals surface area contributed by atoms with Crippen LogP contribution in [0.15, 0.2) is 0 Å². The Hall–Kier alpha value is -0.690. The van der Waals surface area contributed by atoms with Crippen molar-refractivity contribution in [2.45, 2.75) is 45.9 Å². The molecule has 5 nitrogen and oxygen atoms in total. The Kier molecular flexibility index (Phi) is 6.89. The van der Waals surface area contributed by atoms with Crippen LogP contribution in [0, 0.1) is 0 Å². The molecule has 0 aromatic carbocycles. The number of rotatable bonds is 8. The molecule has 1 aromatic heterocycles. The lowest BCUT2D eigenvalue weighted by Crippen LogP contribution is -2.45. The fourth-order valence-electron chi connectivity index (χ4n) is 2.50. The summed E-state index contributed by atoms with van der Waals surface area (Å²) in [6.45, 7) is 9.42. The van der Waals surface area contributed by atoms with Crippen molar-refractivity contribution in [2.24, 2.45) is 0 Å². The van der Waals surface area contributed by atoms with Gasteiger partial charge < -0.3 is 19.7 Å². The molecule has 0 amide bonds. The number of anilines is 1. The number of thiazole rings is 1. The molecule has 1 unspecified atom stereocenters. The summed E-state index contributed by atoms with van der Waals surface area (Å²) < 4.78 is 10.9. The van der Waals surface area contributed by atoms with Crippen molar-refractivity contribution in [1.29, 1.82) is 0 Å². The van der Waals surface area contributed by atoms with Crippen molar-refractivity contribution >= 4 is 16.5 Å². The molecule has 120 valence electrons. The number of morpholine rings is 1. The molecule has 1 N–H and O–H groups in total. The third-order valence-electron chi connectivity index (χ3n) is 3.70. The highest BCUT2D eigenvalue weighted by molar-refractivity contribution is 7.15. The van der Waals surface area contributed by atoms with Crippen LogP contribution in [0.5, 0.6) is 0 Å². The van der Waals surface area contributed by atoms with E-state index in [0.29, 0.717) is 12.6 Å². The first kappa shape index (κ1) is 16.7. The summed E-state index contributed by atoms with van der Waals surface area (Å²) in [6.07, 6.45) is 2.23. The second-order valence-corrected chi connectivity index (χ2v) is 6.37. The first-order valence-corrected chi connectivity index (χ1v) is 8.64. The molecule has 1 aromatic rings. The number of methoxy groups -OCH3 is 1. The third-order valence-corrected chi connectivity index (χ3v) is 4.84. The number of ether oxygens (including phenoxy) is 2. The van der Waals surface area contributed by atoms with Gasteiger partial charge in [-0.2, -0.15) is 0 Å². The lowest BCUT2D eigenvalue weighted by atomic mass is 10.2. The molecule has 21 heavy (non-hydrogen) atoms. The fraction of sp³-hybridized carbons (Fsp3) is 0.800. The van der Waals surface area contributed by atoms with Crippen molar-refractivity contribution in [3.63, 3.8) is 0 Å². The van der Waals surface area contributed by atoms with Crippen LogP contribution in [0.3, 0.4) is 0 Å². The fourth-order valence-corrected chi connectivity index (χ4v) is 3.63. The largest absolute Gasteiger partial charge is 0.378 e. The molecule has 0 saturated carbocycles. The van der Waals surface area contributed by atoms with Gasteiger partial charge in [0.15, 0.2) is 5.13 Å². The Morgan fingerprint density at radius 2 is 2.33 bits per heavy atom. The van der Waals surface area contributed by atoms with Crippen LogP contribution in [0.4, 0.5) is 5.13 Å². The van der Waals surface area contributed by atoms with Crippen molar-refractivity contribution in [1.82, 2.24) is 10.3 Å². The highest BCUT2D eigenvalue weighted by atomic mass is 32.1. The van der Waals surface area contributed by atoms with Gasteiger partial charge in [0.1, 0.15) is 0 Å². The third kappa shape index (κ3) is 4.39. The number of hydrogen-bond donors (Lipinski definition) is 1. The molecule has 2 heterocycles. The van der Waals surface area contributed by atoms with Gasteiger partial charge in [0, 0.05) is 25.1 Å². The molecule has 1 atom stereocenters. The first-order valence-electron chi connectivity index (χ1n) is 7.82. The van der Waals surface area contributed by atoms with E-state index in [1.807, 2.05) is 0 Å². The minimum atomic E-state index is 0.441. The Morgan fingerprint density at radius 1 is 1.48 bits per heavy atom. The van der Waals surface area contributed by atoms with Crippen LogP contribution < -0.4 is 10.2 Å². The van der Waals surface area contributed by atoms with Gasteiger partial charge in [-0.3, -0.25) is 0 Å². The van der Waals surface area contributed by atoms with Crippen molar-refractivity contribution < 1.29 is 9.47 Å². The minimum absolute atomic E-state index is 0.441. The van der Waals surface area contributed by atoms with Crippen molar-refractivity contribution in [3.05, 3.63) is 10.6 Å². The van der Waals surface area contributed by atoms with Gasteiger partial charge in [-0.25, -0.2) is 4.98 Å². The molecule has 2 rings (SSSR count). The van der Waals surface area contributed by atoms with Crippen LogP contribution in [-0.4, -0.2) is 44.4 Å². The van der Waals surface area contributed by atoms with Crippen LogP contribution >= 0.6 is 11.3 Å². The van der Waals surface area contributed by atoms with E-state index in [2.05, 4.69) is 24.1 Å². The van der Waals surface area contributed by atoms with Crippen LogP contribution in [0.25, 0.3) is 0 Å². The van der Waals surface area contributed by atoms with Gasteiger partial charge >= 0.3 is 0 Å². The number of nitrogens with one attached hydrogen (secondary N) is 1. The molecule has 0 bridgehead atoms. The van der Waals surface area contributed by atoms with Crippen molar-refractivity contribution in [3.8, 4) is 0 Å². The highest BCUT2D eigenvalue weighted by Gasteiger charge is 2.25. The first-order chi connectivity index (χ1) is 10.3. The summed E-state index contributed by atoms with van der Waals surface area (Å²) in [4.78, 5) is 8.52. The predicted molar refractivity (Wildman–Crippen MR) is 87.1 cm³/mol. The van der Waals surface area contributed by atoms with Gasteiger partial charge in [-0.15, -0.1) is 11.3 Å². The van der Waals surface area contributed by atoms with Gasteiger partial charge in [0.05, 0.1) is 31.6 Å². The van der Waals surface area contributed by atoms with E-state index in [9.17, 15) is 0 Å². The molecule has 1 aliphatic rings. The number of nitrogens with zero attached hydrogens (tertiary/aromatic N) is 2. The van der Waals surface area contributed by atoms with Gasteiger partial charge in [0.25, 0.3) is 0 Å². The van der Waals surface area contributed by atoms with E-state index in [1.54, 1.807) is 18.4 Å². The molecular weight excluding hydrogens is 286 g/mol. The second kappa shape index (κ2) is 8.68. The highest BCUT2D eigenvalue weighted by Crippen LogP contribution is 2.30. The zero-order valence-corrected chi connectivity index (χ0v) is 14.2. The monoisotopic (exact) mass is 313 g/mol. The minimum Gasteiger partial charge on any atom is -0.378 e. The number of hydrogen-bond acceptors (Lipinski definition) is 6.